The van der Waals surface area contributed by atoms with Crippen LogP contribution < -0.4 is 11.1 Å². The lowest BCUT2D eigenvalue weighted by atomic mass is 10.0. The van der Waals surface area contributed by atoms with E-state index in [1.165, 1.54) is 31.2 Å². The first-order chi connectivity index (χ1) is 17.9. The number of hydrogen-bond acceptors (Lipinski definition) is 5. The van der Waals surface area contributed by atoms with Crippen LogP contribution in [0.3, 0.4) is 0 Å². The van der Waals surface area contributed by atoms with Gasteiger partial charge in [0.1, 0.15) is 0 Å². The van der Waals surface area contributed by atoms with Gasteiger partial charge in [0.05, 0.1) is 26.4 Å². The Balaban J connectivity index is 1.68. The van der Waals surface area contributed by atoms with E-state index in [0.717, 1.165) is 11.3 Å². The van der Waals surface area contributed by atoms with E-state index in [-0.39, 0.29) is 58.6 Å². The maximum absolute atomic E-state index is 12.5. The fourth-order valence-corrected chi connectivity index (χ4v) is 2.82. The number of carbonyl (C=O) groups excluding carboxylic acids is 1. The number of anilines is 2. The Morgan fingerprint density at radius 1 is 1.31 bits per heavy atom. The fraction of sp³-hybridized carbons (Fsp3) is 0.304. The van der Waals surface area contributed by atoms with Crippen LogP contribution in [0.4, 0.5) is 10.8 Å². The summed E-state index contributed by atoms with van der Waals surface area (Å²) < 4.78 is 81.0. The van der Waals surface area contributed by atoms with Gasteiger partial charge < -0.3 is 16.2 Å². The van der Waals surface area contributed by atoms with E-state index >= 15 is 0 Å². The first kappa shape index (κ1) is 11.5. The summed E-state index contributed by atoms with van der Waals surface area (Å²) in [6.07, 6.45) is -7.51. The molecular formula is C23H27N3O2S. The number of aliphatic hydroxyl groups is 1. The van der Waals surface area contributed by atoms with Gasteiger partial charge >= 0.3 is 0 Å². The maximum atomic E-state index is 12.5. The Hall–Kier alpha value is -2.70. The van der Waals surface area contributed by atoms with Crippen LogP contribution in [0.5, 0.6) is 0 Å². The van der Waals surface area contributed by atoms with Crippen molar-refractivity contribution in [2.24, 2.45) is 0 Å². The average molecular weight is 420 g/mol. The molecule has 6 heteroatoms. The van der Waals surface area contributed by atoms with E-state index in [4.69, 9.17) is 19.4 Å². The lowest BCUT2D eigenvalue weighted by molar-refractivity contribution is -0.115. The third-order valence-electron chi connectivity index (χ3n) is 3.81. The lowest BCUT2D eigenvalue weighted by Gasteiger charge is -2.11. The number of nitrogen functional groups attached to an aromatic ring is 1. The number of aryl methyl sites for hydroxylation is 1. The number of rotatable bonds is 9. The van der Waals surface area contributed by atoms with Crippen LogP contribution in [0, 0.1) is 6.92 Å². The first-order valence-corrected chi connectivity index (χ1v) is 9.67. The Bertz CT molecular complexity index is 1360. The van der Waals surface area contributed by atoms with Crippen molar-refractivity contribution < 1.29 is 23.6 Å². The maximum Gasteiger partial charge on any atom is 0.230 e. The number of benzene rings is 2. The van der Waals surface area contributed by atoms with Crippen molar-refractivity contribution in [2.45, 2.75) is 45.0 Å². The Kier molecular flexibility index (Phi) is 4.03. The summed E-state index contributed by atoms with van der Waals surface area (Å²) in [5.74, 6) is -1.07. The van der Waals surface area contributed by atoms with Gasteiger partial charge in [0.25, 0.3) is 0 Å². The molecule has 0 saturated heterocycles. The molecule has 1 aromatic heterocycles. The van der Waals surface area contributed by atoms with Crippen LogP contribution >= 0.6 is 11.3 Å². The largest absolute Gasteiger partial charge is 0.388 e. The van der Waals surface area contributed by atoms with E-state index in [2.05, 4.69) is 10.3 Å². The zero-order chi connectivity index (χ0) is 29.5. The minimum Gasteiger partial charge on any atom is -0.388 e. The highest BCUT2D eigenvalue weighted by atomic mass is 32.1. The monoisotopic (exact) mass is 419 g/mol. The Morgan fingerprint density at radius 3 is 2.69 bits per heavy atom. The minimum absolute atomic E-state index is 0.0225. The van der Waals surface area contributed by atoms with Gasteiger partial charge in [-0.05, 0) is 49.4 Å². The normalized spacial score (nSPS) is 19.0. The second kappa shape index (κ2) is 10.2. The van der Waals surface area contributed by atoms with Crippen molar-refractivity contribution in [3.8, 4) is 0 Å². The number of nitrogens with zero attached hydrogens (tertiary/aromatic N) is 1. The standard InChI is InChI=1S/C23H27N3O2S/c1-16-6-10-18(11-7-16)21(27)5-3-2-4-17-8-12-19(13-9-17)25-22(28)14-20-15-29-23(24)26-20/h6-13,15,21,27H,2-5,14H2,1H3,(H2,24,26)(H,25,28)/t21-/m0/s1/i4D2,6D,7D,10D,11D,14D2,15D,21D. The lowest BCUT2D eigenvalue weighted by Crippen LogP contribution is -2.14. The van der Waals surface area contributed by atoms with Gasteiger partial charge in [-0.2, -0.15) is 0 Å². The van der Waals surface area contributed by atoms with Crippen LogP contribution in [-0.4, -0.2) is 16.0 Å². The zero-order valence-electron chi connectivity index (χ0n) is 25.7. The molecule has 0 fully saturated rings. The molecule has 0 aliphatic heterocycles. The highest BCUT2D eigenvalue weighted by molar-refractivity contribution is 7.13. The summed E-state index contributed by atoms with van der Waals surface area (Å²) in [5, 5.41) is 12.8. The van der Waals surface area contributed by atoms with Crippen molar-refractivity contribution in [1.29, 1.82) is 0 Å². The van der Waals surface area contributed by atoms with Gasteiger partial charge in [-0.1, -0.05) is 48.3 Å². The van der Waals surface area contributed by atoms with Crippen LogP contribution in [0.25, 0.3) is 0 Å². The topological polar surface area (TPSA) is 88.2 Å². The molecule has 0 bridgehead atoms. The number of hydrogen-bond donors (Lipinski definition) is 3. The van der Waals surface area contributed by atoms with Gasteiger partial charge in [-0.25, -0.2) is 4.98 Å². The number of amides is 1. The number of nitrogens with two attached hydrogens (primary N) is 1. The zero-order valence-corrected chi connectivity index (χ0v) is 16.5. The predicted molar refractivity (Wildman–Crippen MR) is 119 cm³/mol. The van der Waals surface area contributed by atoms with E-state index < -0.39 is 48.1 Å². The molecule has 5 nitrogen and oxygen atoms in total. The average Bonchev–Trinajstić information content (AvgIpc) is 3.20. The van der Waals surface area contributed by atoms with E-state index in [1.807, 2.05) is 0 Å². The van der Waals surface area contributed by atoms with Crippen molar-refractivity contribution in [1.82, 2.24) is 4.98 Å². The molecule has 0 spiro atoms. The van der Waals surface area contributed by atoms with E-state index in [0.29, 0.717) is 0 Å². The number of aromatic nitrogens is 1. The highest BCUT2D eigenvalue weighted by Gasteiger charge is 2.08. The second-order valence-corrected chi connectivity index (χ2v) is 6.96. The summed E-state index contributed by atoms with van der Waals surface area (Å²) in [6, 6.07) is 3.87. The molecule has 1 amide bonds. The quantitative estimate of drug-likeness (QED) is 0.471. The molecule has 3 aromatic rings. The number of nitrogens with one attached hydrogen (secondary N) is 1. The molecule has 0 saturated carbocycles. The minimum atomic E-state index is -2.62. The Morgan fingerprint density at radius 2 is 2.03 bits per heavy atom. The third kappa shape index (κ3) is 6.69. The summed E-state index contributed by atoms with van der Waals surface area (Å²) in [4.78, 5) is 16.3. The molecular weight excluding hydrogens is 382 g/mol. The van der Waals surface area contributed by atoms with Crippen molar-refractivity contribution in [3.63, 3.8) is 0 Å². The van der Waals surface area contributed by atoms with E-state index in [9.17, 15) is 9.90 Å². The second-order valence-electron chi connectivity index (χ2n) is 6.14. The molecule has 152 valence electrons. The third-order valence-corrected chi connectivity index (χ3v) is 4.40. The highest BCUT2D eigenvalue weighted by Crippen LogP contribution is 2.21. The van der Waals surface area contributed by atoms with Gasteiger partial charge in [-0.3, -0.25) is 4.79 Å². The first-order valence-electron chi connectivity index (χ1n) is 13.9. The molecule has 4 N–H and O–H groups in total. The van der Waals surface area contributed by atoms with Crippen molar-refractivity contribution in [3.05, 3.63) is 76.2 Å². The van der Waals surface area contributed by atoms with Crippen LogP contribution in [0.2, 0.25) is 0 Å². The molecule has 0 aliphatic carbocycles. The molecule has 29 heavy (non-hydrogen) atoms. The van der Waals surface area contributed by atoms with Crippen molar-refractivity contribution >= 4 is 28.1 Å². The molecule has 1 heterocycles. The molecule has 3 rings (SSSR count). The summed E-state index contributed by atoms with van der Waals surface area (Å²) in [5.41, 5.74) is 5.15. The molecule has 1 atom stereocenters. The smallest absolute Gasteiger partial charge is 0.230 e. The number of thiazole rings is 1. The number of carbonyl (C=O) groups is 1. The SMILES string of the molecule is [2H]c1sc(N)nc1C([2H])([2H])C(=O)Nc1ccc(C([2H])([2H])CCC[C@]([2H])(O)c2c([2H])c([2H])c(C)c([2H])c2[2H])cc1. The van der Waals surface area contributed by atoms with Gasteiger partial charge in [-0.15, -0.1) is 11.3 Å². The van der Waals surface area contributed by atoms with Crippen LogP contribution in [-0.2, 0) is 17.5 Å². The molecule has 0 radical (unpaired) electrons. The molecule has 0 aliphatic rings. The summed E-state index contributed by atoms with van der Waals surface area (Å²) >= 11 is 0.743. The fourth-order valence-electron chi connectivity index (χ4n) is 2.38. The van der Waals surface area contributed by atoms with E-state index in [1.54, 1.807) is 0 Å². The molecule has 2 aromatic carbocycles. The van der Waals surface area contributed by atoms with Gasteiger partial charge in [0.15, 0.2) is 5.13 Å². The Labute approximate surface area is 189 Å². The summed E-state index contributed by atoms with van der Waals surface area (Å²) in [6.45, 7) is 1.42. The van der Waals surface area contributed by atoms with Gasteiger partial charge in [0.2, 0.25) is 5.91 Å². The van der Waals surface area contributed by atoms with Gasteiger partial charge in [0, 0.05) is 16.5 Å². The van der Waals surface area contributed by atoms with Crippen molar-refractivity contribution in [2.75, 3.05) is 11.1 Å². The summed E-state index contributed by atoms with van der Waals surface area (Å²) in [7, 11) is 0. The van der Waals surface area contributed by atoms with Crippen LogP contribution in [0.1, 0.15) is 61.4 Å². The molecule has 0 unspecified atom stereocenters. The predicted octanol–water partition coefficient (Wildman–Crippen LogP) is 4.66. The van der Waals surface area contributed by atoms with Crippen LogP contribution in [0.15, 0.2) is 53.8 Å².